The summed E-state index contributed by atoms with van der Waals surface area (Å²) in [5.41, 5.74) is 3.82. The molecule has 0 radical (unpaired) electrons. The molecule has 0 bridgehead atoms. The summed E-state index contributed by atoms with van der Waals surface area (Å²) in [6.45, 7) is 11.1. The maximum absolute atomic E-state index is 14.8. The zero-order chi connectivity index (χ0) is 34.4. The highest BCUT2D eigenvalue weighted by molar-refractivity contribution is 5.92. The van der Waals surface area contributed by atoms with Gasteiger partial charge in [0.1, 0.15) is 17.1 Å². The van der Waals surface area contributed by atoms with Crippen molar-refractivity contribution in [2.75, 3.05) is 64.7 Å². The van der Waals surface area contributed by atoms with Crippen molar-refractivity contribution in [3.8, 4) is 0 Å². The van der Waals surface area contributed by atoms with Gasteiger partial charge in [0, 0.05) is 57.9 Å². The third-order valence-electron chi connectivity index (χ3n) is 9.19. The molecule has 2 heterocycles. The number of quaternary nitrogens is 1. The number of hydrogen-bond acceptors (Lipinski definition) is 8. The van der Waals surface area contributed by atoms with Crippen LogP contribution in [0.2, 0.25) is 0 Å². The van der Waals surface area contributed by atoms with Crippen molar-refractivity contribution in [2.24, 2.45) is 17.2 Å². The first-order valence-electron chi connectivity index (χ1n) is 16.8. The number of halogens is 1. The lowest BCUT2D eigenvalue weighted by Gasteiger charge is -2.41. The van der Waals surface area contributed by atoms with Gasteiger partial charge in [-0.25, -0.2) is 15.0 Å². The molecule has 1 saturated carbocycles. The highest BCUT2D eigenvalue weighted by atomic mass is 19.1. The Hall–Kier alpha value is -3.26. The molecule has 3 fully saturated rings. The Morgan fingerprint density at radius 2 is 1.83 bits per heavy atom. The number of piperidine rings is 1. The van der Waals surface area contributed by atoms with E-state index in [-0.39, 0.29) is 35.8 Å². The van der Waals surface area contributed by atoms with Gasteiger partial charge in [0.2, 0.25) is 11.6 Å². The predicted molar refractivity (Wildman–Crippen MR) is 175 cm³/mol. The number of nitrogens with two attached hydrogens (primary N) is 1. The second kappa shape index (κ2) is 15.8. The van der Waals surface area contributed by atoms with Crippen LogP contribution in [0.1, 0.15) is 66.2 Å². The molecule has 2 aliphatic heterocycles. The third-order valence-corrected chi connectivity index (χ3v) is 9.19. The minimum atomic E-state index is -0.696. The highest BCUT2D eigenvalue weighted by Crippen LogP contribution is 2.57. The van der Waals surface area contributed by atoms with Crippen LogP contribution in [0.25, 0.3) is 0 Å². The lowest BCUT2D eigenvalue weighted by atomic mass is 9.84. The number of ether oxygens (including phenoxy) is 3. The standard InChI is InChI=1S/C34H53FN6O6/c1-6-14-40(31(43)29(36)27(13-9-10-17-45-5)41(37)26-12-8-7-11-25(26)35)28-21-34(28)20-24(30(42)38-15-18-46-19-16-38)22-39(23-34)32(44)47-33(2,3)4/h7-8,11-12,24,28H,6,9-10,13-23,36-37H2,1-5H3/p+1/b29-27-/t24-,28?,34-/m1/s1. The van der Waals surface area contributed by atoms with Crippen LogP contribution in [-0.4, -0.2) is 104 Å². The number of benzene rings is 1. The summed E-state index contributed by atoms with van der Waals surface area (Å²) in [4.78, 5) is 46.8. The molecule has 2 saturated heterocycles. The SMILES string of the molecule is CCCN(C(=O)/C([NH3+])=C(\CCCCOC)N(N)c1ccccc1F)C1C[C@@]12C[C@@H](C(=O)N1CCOCC1)CN(C(=O)OC(C)(C)C)C2. The monoisotopic (exact) mass is 661 g/mol. The lowest BCUT2D eigenvalue weighted by molar-refractivity contribution is -0.303. The van der Waals surface area contributed by atoms with E-state index in [4.69, 9.17) is 20.1 Å². The molecule has 3 atom stereocenters. The zero-order valence-electron chi connectivity index (χ0n) is 28.8. The van der Waals surface area contributed by atoms with Crippen LogP contribution in [0.3, 0.4) is 0 Å². The molecule has 3 aliphatic rings. The Morgan fingerprint density at radius 3 is 2.47 bits per heavy atom. The average Bonchev–Trinajstić information content (AvgIpc) is 3.72. The first-order valence-corrected chi connectivity index (χ1v) is 16.8. The summed E-state index contributed by atoms with van der Waals surface area (Å²) in [6, 6.07) is 5.96. The van der Waals surface area contributed by atoms with Gasteiger partial charge >= 0.3 is 12.0 Å². The van der Waals surface area contributed by atoms with Crippen LogP contribution in [0, 0.1) is 17.2 Å². The van der Waals surface area contributed by atoms with E-state index in [0.29, 0.717) is 83.8 Å². The number of morpholine rings is 1. The smallest absolute Gasteiger partial charge is 0.410 e. The zero-order valence-corrected chi connectivity index (χ0v) is 28.8. The summed E-state index contributed by atoms with van der Waals surface area (Å²) in [7, 11) is 1.63. The third kappa shape index (κ3) is 9.01. The van der Waals surface area contributed by atoms with E-state index in [2.05, 4.69) is 5.73 Å². The molecule has 262 valence electrons. The first-order chi connectivity index (χ1) is 22.3. The number of likely N-dealkylation sites (tertiary alicyclic amines) is 1. The van der Waals surface area contributed by atoms with Crippen molar-refractivity contribution in [3.63, 3.8) is 0 Å². The molecule has 1 aromatic carbocycles. The summed E-state index contributed by atoms with van der Waals surface area (Å²) in [5, 5.41) is 1.23. The summed E-state index contributed by atoms with van der Waals surface area (Å²) in [6.07, 6.45) is 3.22. The van der Waals surface area contributed by atoms with Gasteiger partial charge < -0.3 is 34.6 Å². The van der Waals surface area contributed by atoms with Gasteiger partial charge in [-0.15, -0.1) is 0 Å². The van der Waals surface area contributed by atoms with Crippen LogP contribution < -0.4 is 16.6 Å². The van der Waals surface area contributed by atoms with Crippen molar-refractivity contribution in [2.45, 2.75) is 77.9 Å². The van der Waals surface area contributed by atoms with E-state index in [1.807, 2.05) is 37.5 Å². The number of hydrazine groups is 1. The van der Waals surface area contributed by atoms with Gasteiger partial charge in [-0.2, -0.15) is 0 Å². The summed E-state index contributed by atoms with van der Waals surface area (Å²) in [5.74, 6) is 5.29. The number of amides is 3. The molecule has 47 heavy (non-hydrogen) atoms. The van der Waals surface area contributed by atoms with Crippen molar-refractivity contribution in [3.05, 3.63) is 41.5 Å². The molecule has 13 heteroatoms. The van der Waals surface area contributed by atoms with Gasteiger partial charge in [0.05, 0.1) is 24.8 Å². The van der Waals surface area contributed by atoms with Crippen LogP contribution >= 0.6 is 0 Å². The molecule has 12 nitrogen and oxygen atoms in total. The number of anilines is 1. The van der Waals surface area contributed by atoms with E-state index in [0.717, 1.165) is 6.42 Å². The fourth-order valence-electron chi connectivity index (χ4n) is 6.84. The Kier molecular flexibility index (Phi) is 12.3. The number of methoxy groups -OCH3 is 1. The maximum atomic E-state index is 14.8. The van der Waals surface area contributed by atoms with E-state index in [1.54, 1.807) is 30.2 Å². The average molecular weight is 662 g/mol. The largest absolute Gasteiger partial charge is 0.444 e. The van der Waals surface area contributed by atoms with Crippen molar-refractivity contribution < 1.29 is 38.7 Å². The Balaban J connectivity index is 1.64. The van der Waals surface area contributed by atoms with E-state index in [1.165, 1.54) is 11.1 Å². The second-order valence-corrected chi connectivity index (χ2v) is 14.0. The van der Waals surface area contributed by atoms with Crippen LogP contribution in [0.4, 0.5) is 14.9 Å². The number of rotatable bonds is 12. The minimum Gasteiger partial charge on any atom is -0.444 e. The van der Waals surface area contributed by atoms with Crippen molar-refractivity contribution in [1.82, 2.24) is 14.7 Å². The summed E-state index contributed by atoms with van der Waals surface area (Å²) >= 11 is 0. The highest BCUT2D eigenvalue weighted by Gasteiger charge is 2.63. The van der Waals surface area contributed by atoms with Crippen LogP contribution in [-0.2, 0) is 23.8 Å². The van der Waals surface area contributed by atoms with Gasteiger partial charge in [0.15, 0.2) is 0 Å². The molecule has 0 aromatic heterocycles. The Bertz CT molecular complexity index is 1300. The van der Waals surface area contributed by atoms with Crippen LogP contribution in [0.5, 0.6) is 0 Å². The number of hydrogen-bond donors (Lipinski definition) is 2. The molecule has 5 N–H and O–H groups in total. The molecule has 3 amide bonds. The maximum Gasteiger partial charge on any atom is 0.410 e. The molecular weight excluding hydrogens is 607 g/mol. The first kappa shape index (κ1) is 36.6. The fraction of sp³-hybridized carbons (Fsp3) is 0.676. The van der Waals surface area contributed by atoms with E-state index >= 15 is 0 Å². The van der Waals surface area contributed by atoms with Crippen molar-refractivity contribution >= 4 is 23.6 Å². The molecular formula is C34H54FN6O6+. The fourth-order valence-corrected chi connectivity index (χ4v) is 6.84. The molecule has 1 spiro atoms. The number of para-hydroxylation sites is 1. The number of unbranched alkanes of at least 4 members (excludes halogenated alkanes) is 1. The van der Waals surface area contributed by atoms with Gasteiger partial charge in [-0.1, -0.05) is 19.1 Å². The second-order valence-electron chi connectivity index (χ2n) is 14.0. The Morgan fingerprint density at radius 1 is 1.13 bits per heavy atom. The van der Waals surface area contributed by atoms with E-state index < -0.39 is 28.8 Å². The quantitative estimate of drug-likeness (QED) is 0.151. The predicted octanol–water partition coefficient (Wildman–Crippen LogP) is 2.89. The van der Waals surface area contributed by atoms with Gasteiger partial charge in [-0.05, 0) is 71.4 Å². The lowest BCUT2D eigenvalue weighted by Crippen LogP contribution is -2.59. The number of nitrogens with zero attached hydrogens (tertiary/aromatic N) is 4. The molecule has 1 aliphatic carbocycles. The number of carbonyl (C=O) groups excluding carboxylic acids is 3. The summed E-state index contributed by atoms with van der Waals surface area (Å²) < 4.78 is 31.3. The van der Waals surface area contributed by atoms with Crippen molar-refractivity contribution in [1.29, 1.82) is 0 Å². The number of allylic oxidation sites excluding steroid dienone is 1. The van der Waals surface area contributed by atoms with Gasteiger partial charge in [0.25, 0.3) is 0 Å². The minimum absolute atomic E-state index is 0.000277. The molecule has 1 unspecified atom stereocenters. The van der Waals surface area contributed by atoms with Gasteiger partial charge in [-0.3, -0.25) is 14.6 Å². The normalized spacial score (nSPS) is 23.3. The number of carbonyl (C=O) groups is 3. The van der Waals surface area contributed by atoms with E-state index in [9.17, 15) is 18.8 Å². The molecule has 1 aromatic rings. The topological polar surface area (TPSA) is 146 Å². The van der Waals surface area contributed by atoms with Crippen LogP contribution in [0.15, 0.2) is 35.7 Å². The molecule has 4 rings (SSSR count). The Labute approximate surface area is 278 Å².